The first kappa shape index (κ1) is 15.7. The highest BCUT2D eigenvalue weighted by molar-refractivity contribution is 9.10. The third-order valence-electron chi connectivity index (χ3n) is 3.18. The van der Waals surface area contributed by atoms with Crippen molar-refractivity contribution in [1.82, 2.24) is 9.97 Å². The molecule has 0 radical (unpaired) electrons. The van der Waals surface area contributed by atoms with Crippen LogP contribution in [0.3, 0.4) is 0 Å². The molecule has 0 bridgehead atoms. The van der Waals surface area contributed by atoms with Crippen LogP contribution in [0.25, 0.3) is 0 Å². The van der Waals surface area contributed by atoms with Crippen LogP contribution in [0.4, 0.5) is 16.0 Å². The number of halogens is 2. The number of nitrogens with zero attached hydrogens (tertiary/aromatic N) is 2. The van der Waals surface area contributed by atoms with E-state index in [1.807, 2.05) is 19.9 Å². The smallest absolute Gasteiger partial charge is 0.146 e. The molecule has 1 unspecified atom stereocenters. The molecule has 2 rings (SSSR count). The van der Waals surface area contributed by atoms with Crippen LogP contribution in [0.1, 0.15) is 31.0 Å². The SMILES string of the molecule is CCNc1ncnc(NC(C)c2ccc(C)c(F)c2)c1Br. The van der Waals surface area contributed by atoms with E-state index in [9.17, 15) is 4.39 Å². The van der Waals surface area contributed by atoms with E-state index < -0.39 is 0 Å². The molecule has 1 aromatic heterocycles. The van der Waals surface area contributed by atoms with Crippen LogP contribution >= 0.6 is 15.9 Å². The number of aromatic nitrogens is 2. The summed E-state index contributed by atoms with van der Waals surface area (Å²) in [6, 6.07) is 5.17. The number of nitrogens with one attached hydrogen (secondary N) is 2. The van der Waals surface area contributed by atoms with Gasteiger partial charge in [-0.3, -0.25) is 0 Å². The van der Waals surface area contributed by atoms with Gasteiger partial charge in [0.15, 0.2) is 0 Å². The summed E-state index contributed by atoms with van der Waals surface area (Å²) in [5.41, 5.74) is 1.51. The standard InChI is InChI=1S/C15H18BrFN4/c1-4-18-14-13(16)15(20-8-19-14)21-10(3)11-6-5-9(2)12(17)7-11/h5-8,10H,4H2,1-3H3,(H2,18,19,20,21). The van der Waals surface area contributed by atoms with Crippen LogP contribution in [0.2, 0.25) is 0 Å². The first-order valence-electron chi connectivity index (χ1n) is 6.79. The Morgan fingerprint density at radius 1 is 1.29 bits per heavy atom. The zero-order valence-corrected chi connectivity index (χ0v) is 13.8. The third kappa shape index (κ3) is 3.69. The highest BCUT2D eigenvalue weighted by Crippen LogP contribution is 2.29. The Morgan fingerprint density at radius 3 is 2.67 bits per heavy atom. The van der Waals surface area contributed by atoms with E-state index in [0.29, 0.717) is 11.4 Å². The summed E-state index contributed by atoms with van der Waals surface area (Å²) in [7, 11) is 0. The maximum Gasteiger partial charge on any atom is 0.146 e. The zero-order valence-electron chi connectivity index (χ0n) is 12.2. The fraction of sp³-hybridized carbons (Fsp3) is 0.333. The molecule has 1 heterocycles. The lowest BCUT2D eigenvalue weighted by molar-refractivity contribution is 0.614. The van der Waals surface area contributed by atoms with Crippen molar-refractivity contribution in [1.29, 1.82) is 0 Å². The second kappa shape index (κ2) is 6.85. The summed E-state index contributed by atoms with van der Waals surface area (Å²) in [5, 5.41) is 6.42. The summed E-state index contributed by atoms with van der Waals surface area (Å²) < 4.78 is 14.4. The van der Waals surface area contributed by atoms with Gasteiger partial charge in [-0.1, -0.05) is 12.1 Å². The largest absolute Gasteiger partial charge is 0.369 e. The van der Waals surface area contributed by atoms with Gasteiger partial charge in [0.05, 0.1) is 6.04 Å². The molecule has 2 N–H and O–H groups in total. The van der Waals surface area contributed by atoms with E-state index >= 15 is 0 Å². The molecule has 0 aliphatic rings. The fourth-order valence-electron chi connectivity index (χ4n) is 1.93. The van der Waals surface area contributed by atoms with Crippen LogP contribution in [0, 0.1) is 12.7 Å². The van der Waals surface area contributed by atoms with E-state index in [2.05, 4.69) is 36.5 Å². The van der Waals surface area contributed by atoms with Crippen molar-refractivity contribution in [2.75, 3.05) is 17.2 Å². The van der Waals surface area contributed by atoms with E-state index in [0.717, 1.165) is 22.4 Å². The van der Waals surface area contributed by atoms with Crippen molar-refractivity contribution in [2.45, 2.75) is 26.8 Å². The molecule has 1 aromatic carbocycles. The lowest BCUT2D eigenvalue weighted by Gasteiger charge is -2.17. The maximum atomic E-state index is 13.6. The summed E-state index contributed by atoms with van der Waals surface area (Å²) in [5.74, 6) is 1.21. The highest BCUT2D eigenvalue weighted by atomic mass is 79.9. The Balaban J connectivity index is 2.21. The lowest BCUT2D eigenvalue weighted by Crippen LogP contribution is -2.11. The van der Waals surface area contributed by atoms with Gasteiger partial charge in [-0.05, 0) is 53.9 Å². The summed E-state index contributed by atoms with van der Waals surface area (Å²) in [4.78, 5) is 8.39. The van der Waals surface area contributed by atoms with Crippen LogP contribution < -0.4 is 10.6 Å². The van der Waals surface area contributed by atoms with Gasteiger partial charge in [-0.15, -0.1) is 0 Å². The van der Waals surface area contributed by atoms with Gasteiger partial charge in [-0.2, -0.15) is 0 Å². The first-order valence-corrected chi connectivity index (χ1v) is 7.59. The average Bonchev–Trinajstić information content (AvgIpc) is 2.46. The fourth-order valence-corrected chi connectivity index (χ4v) is 2.39. The minimum absolute atomic E-state index is 0.0687. The molecule has 0 amide bonds. The zero-order chi connectivity index (χ0) is 15.4. The van der Waals surface area contributed by atoms with Crippen molar-refractivity contribution in [3.05, 3.63) is 45.9 Å². The Bertz CT molecular complexity index is 633. The quantitative estimate of drug-likeness (QED) is 0.842. The third-order valence-corrected chi connectivity index (χ3v) is 3.93. The number of benzene rings is 1. The normalized spacial score (nSPS) is 12.0. The van der Waals surface area contributed by atoms with Crippen LogP contribution in [-0.2, 0) is 0 Å². The predicted octanol–water partition coefficient (Wildman–Crippen LogP) is 4.29. The summed E-state index contributed by atoms with van der Waals surface area (Å²) >= 11 is 3.49. The Labute approximate surface area is 132 Å². The predicted molar refractivity (Wildman–Crippen MR) is 87.1 cm³/mol. The molecule has 0 spiro atoms. The molecule has 1 atom stereocenters. The molecule has 0 fully saturated rings. The van der Waals surface area contributed by atoms with E-state index in [1.165, 1.54) is 6.33 Å². The minimum Gasteiger partial charge on any atom is -0.369 e. The molecule has 2 aromatic rings. The van der Waals surface area contributed by atoms with Gasteiger partial charge in [0, 0.05) is 6.54 Å². The van der Waals surface area contributed by atoms with E-state index in [1.54, 1.807) is 19.1 Å². The molecule has 0 aliphatic carbocycles. The van der Waals surface area contributed by atoms with Crippen LogP contribution in [0.15, 0.2) is 29.0 Å². The van der Waals surface area contributed by atoms with E-state index in [-0.39, 0.29) is 11.9 Å². The van der Waals surface area contributed by atoms with Crippen molar-refractivity contribution in [2.24, 2.45) is 0 Å². The minimum atomic E-state index is -0.198. The molecular formula is C15H18BrFN4. The molecule has 6 heteroatoms. The van der Waals surface area contributed by atoms with Crippen LogP contribution in [0.5, 0.6) is 0 Å². The van der Waals surface area contributed by atoms with Gasteiger partial charge in [0.25, 0.3) is 0 Å². The number of anilines is 2. The number of hydrogen-bond acceptors (Lipinski definition) is 4. The molecule has 0 aliphatic heterocycles. The van der Waals surface area contributed by atoms with Gasteiger partial charge in [0.2, 0.25) is 0 Å². The van der Waals surface area contributed by atoms with Crippen molar-refractivity contribution in [3.63, 3.8) is 0 Å². The van der Waals surface area contributed by atoms with Crippen molar-refractivity contribution in [3.8, 4) is 0 Å². The molecular weight excluding hydrogens is 335 g/mol. The maximum absolute atomic E-state index is 13.6. The topological polar surface area (TPSA) is 49.8 Å². The summed E-state index contributed by atoms with van der Waals surface area (Å²) in [6.45, 7) is 6.49. The number of rotatable bonds is 5. The Morgan fingerprint density at radius 2 is 2.00 bits per heavy atom. The Hall–Kier alpha value is -1.69. The van der Waals surface area contributed by atoms with Gasteiger partial charge in [-0.25, -0.2) is 14.4 Å². The number of aryl methyl sites for hydroxylation is 1. The van der Waals surface area contributed by atoms with Crippen LogP contribution in [-0.4, -0.2) is 16.5 Å². The van der Waals surface area contributed by atoms with Crippen molar-refractivity contribution < 1.29 is 4.39 Å². The molecule has 0 saturated heterocycles. The molecule has 21 heavy (non-hydrogen) atoms. The highest BCUT2D eigenvalue weighted by Gasteiger charge is 2.13. The first-order chi connectivity index (χ1) is 10.0. The van der Waals surface area contributed by atoms with E-state index in [4.69, 9.17) is 0 Å². The second-order valence-electron chi connectivity index (χ2n) is 4.79. The molecule has 0 saturated carbocycles. The van der Waals surface area contributed by atoms with Gasteiger partial charge < -0.3 is 10.6 Å². The van der Waals surface area contributed by atoms with Crippen molar-refractivity contribution >= 4 is 27.6 Å². The number of hydrogen-bond donors (Lipinski definition) is 2. The van der Waals surface area contributed by atoms with Gasteiger partial charge >= 0.3 is 0 Å². The average molecular weight is 353 g/mol. The second-order valence-corrected chi connectivity index (χ2v) is 5.58. The monoisotopic (exact) mass is 352 g/mol. The summed E-state index contributed by atoms with van der Waals surface area (Å²) in [6.07, 6.45) is 1.49. The Kier molecular flexibility index (Phi) is 5.12. The lowest BCUT2D eigenvalue weighted by atomic mass is 10.1. The molecule has 112 valence electrons. The molecule has 4 nitrogen and oxygen atoms in total. The van der Waals surface area contributed by atoms with Gasteiger partial charge in [0.1, 0.15) is 28.3 Å².